The van der Waals surface area contributed by atoms with Gasteiger partial charge in [0.05, 0.1) is 11.1 Å². The van der Waals surface area contributed by atoms with Crippen LogP contribution in [0.15, 0.2) is 22.7 Å². The molecule has 1 aliphatic carbocycles. The monoisotopic (exact) mass is 337 g/mol. The van der Waals surface area contributed by atoms with E-state index >= 15 is 0 Å². The zero-order chi connectivity index (χ0) is 14.1. The van der Waals surface area contributed by atoms with Gasteiger partial charge < -0.3 is 10.5 Å². The molecule has 0 spiro atoms. The second-order valence-electron chi connectivity index (χ2n) is 5.00. The molecule has 2 nitrogen and oxygen atoms in total. The van der Waals surface area contributed by atoms with Crippen molar-refractivity contribution in [3.63, 3.8) is 0 Å². The van der Waals surface area contributed by atoms with E-state index in [9.17, 15) is 13.2 Å². The Morgan fingerprint density at radius 3 is 2.47 bits per heavy atom. The Labute approximate surface area is 118 Å². The van der Waals surface area contributed by atoms with Gasteiger partial charge in [0, 0.05) is 4.47 Å². The molecule has 1 aliphatic rings. The Balaban J connectivity index is 2.17. The van der Waals surface area contributed by atoms with Crippen molar-refractivity contribution in [2.75, 3.05) is 6.61 Å². The van der Waals surface area contributed by atoms with Gasteiger partial charge in [-0.15, -0.1) is 0 Å². The van der Waals surface area contributed by atoms with Gasteiger partial charge in [-0.1, -0.05) is 28.8 Å². The molecule has 1 saturated carbocycles. The number of nitrogens with two attached hydrogens (primary N) is 1. The summed E-state index contributed by atoms with van der Waals surface area (Å²) in [6.07, 6.45) is -0.826. The fourth-order valence-corrected chi connectivity index (χ4v) is 2.63. The number of rotatable bonds is 3. The number of halogens is 4. The SMILES string of the molecule is NC1(COc2cc(Br)ccc2C(F)(F)F)CCCC1. The summed E-state index contributed by atoms with van der Waals surface area (Å²) in [5.74, 6) is -0.168. The zero-order valence-corrected chi connectivity index (χ0v) is 11.9. The molecular weight excluding hydrogens is 323 g/mol. The molecule has 0 radical (unpaired) electrons. The molecule has 106 valence electrons. The highest BCUT2D eigenvalue weighted by Crippen LogP contribution is 2.38. The number of ether oxygens (including phenoxy) is 1. The minimum Gasteiger partial charge on any atom is -0.491 e. The van der Waals surface area contributed by atoms with Gasteiger partial charge in [0.2, 0.25) is 0 Å². The Morgan fingerprint density at radius 1 is 1.26 bits per heavy atom. The molecule has 2 rings (SSSR count). The van der Waals surface area contributed by atoms with Crippen LogP contribution in [0.3, 0.4) is 0 Å². The van der Waals surface area contributed by atoms with E-state index in [1.807, 2.05) is 0 Å². The van der Waals surface area contributed by atoms with Crippen molar-refractivity contribution in [2.45, 2.75) is 37.4 Å². The van der Waals surface area contributed by atoms with E-state index in [2.05, 4.69) is 15.9 Å². The zero-order valence-electron chi connectivity index (χ0n) is 10.3. The molecule has 1 fully saturated rings. The van der Waals surface area contributed by atoms with Crippen LogP contribution in [0.25, 0.3) is 0 Å². The first-order valence-corrected chi connectivity index (χ1v) is 6.88. The van der Waals surface area contributed by atoms with Crippen LogP contribution in [0, 0.1) is 0 Å². The standard InChI is InChI=1S/C13H15BrF3NO/c14-9-3-4-10(13(15,16)17)11(7-9)19-8-12(18)5-1-2-6-12/h3-4,7H,1-2,5-6,8,18H2. The topological polar surface area (TPSA) is 35.2 Å². The Morgan fingerprint density at radius 2 is 1.89 bits per heavy atom. The average Bonchev–Trinajstić information content (AvgIpc) is 2.73. The fraction of sp³-hybridized carbons (Fsp3) is 0.538. The highest BCUT2D eigenvalue weighted by atomic mass is 79.9. The lowest BCUT2D eigenvalue weighted by Gasteiger charge is -2.24. The van der Waals surface area contributed by atoms with Crippen LogP contribution >= 0.6 is 15.9 Å². The van der Waals surface area contributed by atoms with E-state index in [0.29, 0.717) is 4.47 Å². The lowest BCUT2D eigenvalue weighted by atomic mass is 10.0. The van der Waals surface area contributed by atoms with E-state index in [1.165, 1.54) is 12.1 Å². The van der Waals surface area contributed by atoms with Crippen LogP contribution in [-0.4, -0.2) is 12.1 Å². The summed E-state index contributed by atoms with van der Waals surface area (Å²) in [7, 11) is 0. The van der Waals surface area contributed by atoms with Crippen molar-refractivity contribution in [1.82, 2.24) is 0 Å². The predicted octanol–water partition coefficient (Wildman–Crippen LogP) is 4.12. The maximum absolute atomic E-state index is 12.8. The second-order valence-corrected chi connectivity index (χ2v) is 5.91. The molecule has 0 aliphatic heterocycles. The van der Waals surface area contributed by atoms with Crippen LogP contribution < -0.4 is 10.5 Å². The Hall–Kier alpha value is -0.750. The summed E-state index contributed by atoms with van der Waals surface area (Å²) >= 11 is 3.15. The van der Waals surface area contributed by atoms with E-state index in [4.69, 9.17) is 10.5 Å². The highest BCUT2D eigenvalue weighted by molar-refractivity contribution is 9.10. The summed E-state index contributed by atoms with van der Waals surface area (Å²) in [4.78, 5) is 0. The number of hydrogen-bond donors (Lipinski definition) is 1. The van der Waals surface area contributed by atoms with Crippen molar-refractivity contribution >= 4 is 15.9 Å². The lowest BCUT2D eigenvalue weighted by Crippen LogP contribution is -2.42. The summed E-state index contributed by atoms with van der Waals surface area (Å²) in [6, 6.07) is 3.70. The largest absolute Gasteiger partial charge is 0.491 e. The van der Waals surface area contributed by atoms with Gasteiger partial charge in [0.1, 0.15) is 12.4 Å². The minimum atomic E-state index is -4.42. The van der Waals surface area contributed by atoms with Crippen molar-refractivity contribution in [2.24, 2.45) is 5.73 Å². The molecule has 6 heteroatoms. The summed E-state index contributed by atoms with van der Waals surface area (Å²) in [5, 5.41) is 0. The van der Waals surface area contributed by atoms with Crippen molar-refractivity contribution in [3.8, 4) is 5.75 Å². The third kappa shape index (κ3) is 3.63. The van der Waals surface area contributed by atoms with Crippen molar-refractivity contribution < 1.29 is 17.9 Å². The summed E-state index contributed by atoms with van der Waals surface area (Å²) < 4.78 is 44.5. The Bertz CT molecular complexity index is 456. The molecule has 0 aromatic heterocycles. The van der Waals surface area contributed by atoms with Gasteiger partial charge in [0.25, 0.3) is 0 Å². The maximum atomic E-state index is 12.8. The molecule has 1 aromatic carbocycles. The van der Waals surface area contributed by atoms with Crippen molar-refractivity contribution in [1.29, 1.82) is 0 Å². The molecule has 1 aromatic rings. The lowest BCUT2D eigenvalue weighted by molar-refractivity contribution is -0.139. The van der Waals surface area contributed by atoms with Gasteiger partial charge >= 0.3 is 6.18 Å². The predicted molar refractivity (Wildman–Crippen MR) is 70.0 cm³/mol. The molecule has 0 atom stereocenters. The van der Waals surface area contributed by atoms with E-state index < -0.39 is 17.3 Å². The molecule has 0 unspecified atom stereocenters. The number of benzene rings is 1. The first-order chi connectivity index (χ1) is 8.80. The number of hydrogen-bond acceptors (Lipinski definition) is 2. The number of alkyl halides is 3. The third-order valence-electron chi connectivity index (χ3n) is 3.36. The van der Waals surface area contributed by atoms with E-state index in [0.717, 1.165) is 31.7 Å². The molecule has 0 heterocycles. The van der Waals surface area contributed by atoms with Gasteiger partial charge in [-0.3, -0.25) is 0 Å². The molecule has 0 saturated heterocycles. The third-order valence-corrected chi connectivity index (χ3v) is 3.86. The fourth-order valence-electron chi connectivity index (χ4n) is 2.29. The van der Waals surface area contributed by atoms with Crippen LogP contribution in [0.5, 0.6) is 5.75 Å². The van der Waals surface area contributed by atoms with E-state index in [1.54, 1.807) is 0 Å². The first kappa shape index (κ1) is 14.7. The maximum Gasteiger partial charge on any atom is 0.419 e. The van der Waals surface area contributed by atoms with Crippen LogP contribution in [0.4, 0.5) is 13.2 Å². The summed E-state index contributed by atoms with van der Waals surface area (Å²) in [5.41, 5.74) is 4.82. The van der Waals surface area contributed by atoms with Gasteiger partial charge in [-0.2, -0.15) is 13.2 Å². The van der Waals surface area contributed by atoms with Crippen LogP contribution in [-0.2, 0) is 6.18 Å². The van der Waals surface area contributed by atoms with E-state index in [-0.39, 0.29) is 12.4 Å². The highest BCUT2D eigenvalue weighted by Gasteiger charge is 2.36. The Kier molecular flexibility index (Phi) is 4.11. The van der Waals surface area contributed by atoms with Crippen molar-refractivity contribution in [3.05, 3.63) is 28.2 Å². The van der Waals surface area contributed by atoms with Crippen LogP contribution in [0.1, 0.15) is 31.2 Å². The summed E-state index contributed by atoms with van der Waals surface area (Å²) in [6.45, 7) is 0.118. The second kappa shape index (κ2) is 5.32. The smallest absolute Gasteiger partial charge is 0.419 e. The quantitative estimate of drug-likeness (QED) is 0.900. The average molecular weight is 338 g/mol. The minimum absolute atomic E-state index is 0.118. The normalized spacial score (nSPS) is 18.6. The van der Waals surface area contributed by atoms with Gasteiger partial charge in [0.15, 0.2) is 0 Å². The molecular formula is C13H15BrF3NO. The first-order valence-electron chi connectivity index (χ1n) is 6.09. The van der Waals surface area contributed by atoms with Gasteiger partial charge in [-0.05, 0) is 31.0 Å². The molecule has 2 N–H and O–H groups in total. The van der Waals surface area contributed by atoms with Crippen LogP contribution in [0.2, 0.25) is 0 Å². The van der Waals surface area contributed by atoms with Gasteiger partial charge in [-0.25, -0.2) is 0 Å². The molecule has 19 heavy (non-hydrogen) atoms. The molecule has 0 bridgehead atoms. The molecule has 0 amide bonds.